The number of ether oxygens (including phenoxy) is 1. The average Bonchev–Trinajstić information content (AvgIpc) is 2.47. The number of anilines is 1. The van der Waals surface area contributed by atoms with Crippen molar-refractivity contribution in [3.05, 3.63) is 59.2 Å². The van der Waals surface area contributed by atoms with Crippen molar-refractivity contribution in [2.45, 2.75) is 26.7 Å². The predicted octanol–water partition coefficient (Wildman–Crippen LogP) is 4.02. The standard InChI is InChI=1S/C18H21NO2/c1-4-21-17-9-8-14(11-16(17)12(2)3)18(20)13-6-5-7-15(19)10-13/h5-12H,4,19H2,1-3H3. The van der Waals surface area contributed by atoms with Crippen molar-refractivity contribution < 1.29 is 9.53 Å². The van der Waals surface area contributed by atoms with Gasteiger partial charge in [0.1, 0.15) is 5.75 Å². The van der Waals surface area contributed by atoms with Crippen LogP contribution < -0.4 is 10.5 Å². The molecule has 0 atom stereocenters. The molecule has 21 heavy (non-hydrogen) atoms. The molecule has 3 nitrogen and oxygen atoms in total. The molecular formula is C18H21NO2. The van der Waals surface area contributed by atoms with Gasteiger partial charge in [-0.2, -0.15) is 0 Å². The summed E-state index contributed by atoms with van der Waals surface area (Å²) in [7, 11) is 0. The molecule has 0 amide bonds. The summed E-state index contributed by atoms with van der Waals surface area (Å²) in [6.45, 7) is 6.75. The van der Waals surface area contributed by atoms with Crippen LogP contribution in [0.3, 0.4) is 0 Å². The number of rotatable bonds is 5. The smallest absolute Gasteiger partial charge is 0.193 e. The zero-order valence-electron chi connectivity index (χ0n) is 12.7. The number of carbonyl (C=O) groups is 1. The van der Waals surface area contributed by atoms with Gasteiger partial charge in [-0.1, -0.05) is 26.0 Å². The van der Waals surface area contributed by atoms with Crippen molar-refractivity contribution in [2.24, 2.45) is 0 Å². The summed E-state index contributed by atoms with van der Waals surface area (Å²) in [5, 5.41) is 0. The fraction of sp³-hybridized carbons (Fsp3) is 0.278. The van der Waals surface area contributed by atoms with Crippen molar-refractivity contribution >= 4 is 11.5 Å². The Kier molecular flexibility index (Phi) is 4.63. The molecule has 0 heterocycles. The first kappa shape index (κ1) is 15.1. The highest BCUT2D eigenvalue weighted by Crippen LogP contribution is 2.28. The molecule has 0 aliphatic rings. The van der Waals surface area contributed by atoms with Gasteiger partial charge in [0.05, 0.1) is 6.61 Å². The molecule has 2 rings (SSSR count). The van der Waals surface area contributed by atoms with Crippen molar-refractivity contribution in [1.29, 1.82) is 0 Å². The lowest BCUT2D eigenvalue weighted by atomic mass is 9.95. The second-order valence-corrected chi connectivity index (χ2v) is 5.29. The molecule has 0 radical (unpaired) electrons. The normalized spacial score (nSPS) is 10.7. The molecule has 2 N–H and O–H groups in total. The molecule has 110 valence electrons. The number of carbonyl (C=O) groups excluding carboxylic acids is 1. The largest absolute Gasteiger partial charge is 0.494 e. The maximum atomic E-state index is 12.5. The van der Waals surface area contributed by atoms with Gasteiger partial charge >= 0.3 is 0 Å². The molecule has 3 heteroatoms. The first-order valence-corrected chi connectivity index (χ1v) is 7.20. The predicted molar refractivity (Wildman–Crippen MR) is 86.0 cm³/mol. The Hall–Kier alpha value is -2.29. The highest BCUT2D eigenvalue weighted by atomic mass is 16.5. The summed E-state index contributed by atoms with van der Waals surface area (Å²) in [6, 6.07) is 12.6. The van der Waals surface area contributed by atoms with Gasteiger partial charge in [-0.3, -0.25) is 4.79 Å². The minimum Gasteiger partial charge on any atom is -0.494 e. The maximum absolute atomic E-state index is 12.5. The molecule has 0 bridgehead atoms. The van der Waals surface area contributed by atoms with Gasteiger partial charge in [0, 0.05) is 16.8 Å². The van der Waals surface area contributed by atoms with Crippen LogP contribution in [0.1, 0.15) is 48.2 Å². The van der Waals surface area contributed by atoms with E-state index in [1.54, 1.807) is 24.3 Å². The monoisotopic (exact) mass is 283 g/mol. The molecule has 0 saturated carbocycles. The highest BCUT2D eigenvalue weighted by Gasteiger charge is 2.14. The first-order valence-electron chi connectivity index (χ1n) is 7.20. The molecule has 0 saturated heterocycles. The van der Waals surface area contributed by atoms with Gasteiger partial charge < -0.3 is 10.5 Å². The molecule has 0 aromatic heterocycles. The van der Waals surface area contributed by atoms with E-state index in [1.807, 2.05) is 25.1 Å². The van der Waals surface area contributed by atoms with E-state index in [-0.39, 0.29) is 5.78 Å². The second kappa shape index (κ2) is 6.44. The van der Waals surface area contributed by atoms with E-state index >= 15 is 0 Å². The maximum Gasteiger partial charge on any atom is 0.193 e. The fourth-order valence-electron chi connectivity index (χ4n) is 2.27. The number of nitrogen functional groups attached to an aromatic ring is 1. The van der Waals surface area contributed by atoms with Gasteiger partial charge in [0.15, 0.2) is 5.78 Å². The average molecular weight is 283 g/mol. The Morgan fingerprint density at radius 3 is 2.48 bits per heavy atom. The topological polar surface area (TPSA) is 52.3 Å². The summed E-state index contributed by atoms with van der Waals surface area (Å²) in [5.74, 6) is 1.11. The lowest BCUT2D eigenvalue weighted by Crippen LogP contribution is -2.05. The van der Waals surface area contributed by atoms with Crippen LogP contribution in [0, 0.1) is 0 Å². The SMILES string of the molecule is CCOc1ccc(C(=O)c2cccc(N)c2)cc1C(C)C. The Bertz CT molecular complexity index is 647. The third kappa shape index (κ3) is 3.43. The van der Waals surface area contributed by atoms with Crippen LogP contribution in [0.25, 0.3) is 0 Å². The minimum atomic E-state index is -0.0211. The second-order valence-electron chi connectivity index (χ2n) is 5.29. The van der Waals surface area contributed by atoms with E-state index in [0.29, 0.717) is 29.3 Å². The number of nitrogens with two attached hydrogens (primary N) is 1. The third-order valence-corrected chi connectivity index (χ3v) is 3.34. The van der Waals surface area contributed by atoms with Crippen molar-refractivity contribution in [1.82, 2.24) is 0 Å². The van der Waals surface area contributed by atoms with Crippen LogP contribution in [0.4, 0.5) is 5.69 Å². The fourth-order valence-corrected chi connectivity index (χ4v) is 2.27. The van der Waals surface area contributed by atoms with E-state index < -0.39 is 0 Å². The Morgan fingerprint density at radius 1 is 1.14 bits per heavy atom. The molecule has 0 aliphatic carbocycles. The zero-order chi connectivity index (χ0) is 15.4. The lowest BCUT2D eigenvalue weighted by Gasteiger charge is -2.14. The van der Waals surface area contributed by atoms with Crippen molar-refractivity contribution in [3.8, 4) is 5.75 Å². The summed E-state index contributed by atoms with van der Waals surface area (Å²) in [4.78, 5) is 12.5. The van der Waals surface area contributed by atoms with E-state index in [0.717, 1.165) is 11.3 Å². The van der Waals surface area contributed by atoms with Crippen LogP contribution in [0.5, 0.6) is 5.75 Å². The third-order valence-electron chi connectivity index (χ3n) is 3.34. The molecule has 2 aromatic rings. The van der Waals surface area contributed by atoms with Gasteiger partial charge in [0.2, 0.25) is 0 Å². The van der Waals surface area contributed by atoms with E-state index in [4.69, 9.17) is 10.5 Å². The lowest BCUT2D eigenvalue weighted by molar-refractivity contribution is 0.103. The minimum absolute atomic E-state index is 0.0211. The molecule has 2 aromatic carbocycles. The van der Waals surface area contributed by atoms with E-state index in [9.17, 15) is 4.79 Å². The highest BCUT2D eigenvalue weighted by molar-refractivity contribution is 6.09. The molecular weight excluding hydrogens is 262 g/mol. The summed E-state index contributed by atoms with van der Waals surface area (Å²) in [6.07, 6.45) is 0. The Balaban J connectivity index is 2.40. The van der Waals surface area contributed by atoms with E-state index in [1.165, 1.54) is 0 Å². The Morgan fingerprint density at radius 2 is 1.86 bits per heavy atom. The molecule has 0 spiro atoms. The Labute approximate surface area is 125 Å². The van der Waals surface area contributed by atoms with Crippen molar-refractivity contribution in [2.75, 3.05) is 12.3 Å². The summed E-state index contributed by atoms with van der Waals surface area (Å²) >= 11 is 0. The summed E-state index contributed by atoms with van der Waals surface area (Å²) < 4.78 is 5.63. The van der Waals surface area contributed by atoms with Crippen LogP contribution >= 0.6 is 0 Å². The molecule has 0 unspecified atom stereocenters. The number of hydrogen-bond acceptors (Lipinski definition) is 3. The van der Waals surface area contributed by atoms with Gasteiger partial charge in [-0.05, 0) is 48.7 Å². The van der Waals surface area contributed by atoms with Crippen LogP contribution in [-0.4, -0.2) is 12.4 Å². The van der Waals surface area contributed by atoms with E-state index in [2.05, 4.69) is 13.8 Å². The van der Waals surface area contributed by atoms with Crippen LogP contribution in [-0.2, 0) is 0 Å². The molecule has 0 fully saturated rings. The van der Waals surface area contributed by atoms with Gasteiger partial charge in [-0.15, -0.1) is 0 Å². The zero-order valence-corrected chi connectivity index (χ0v) is 12.7. The number of hydrogen-bond donors (Lipinski definition) is 1. The quantitative estimate of drug-likeness (QED) is 0.666. The molecule has 0 aliphatic heterocycles. The van der Waals surface area contributed by atoms with Gasteiger partial charge in [0.25, 0.3) is 0 Å². The van der Waals surface area contributed by atoms with Crippen LogP contribution in [0.15, 0.2) is 42.5 Å². The van der Waals surface area contributed by atoms with Crippen LogP contribution in [0.2, 0.25) is 0 Å². The number of ketones is 1. The van der Waals surface area contributed by atoms with Crippen molar-refractivity contribution in [3.63, 3.8) is 0 Å². The first-order chi connectivity index (χ1) is 10.0. The number of benzene rings is 2. The van der Waals surface area contributed by atoms with Gasteiger partial charge in [-0.25, -0.2) is 0 Å². The summed E-state index contributed by atoms with van der Waals surface area (Å²) in [5.41, 5.74) is 8.65.